The molecule has 1 aliphatic heterocycles. The van der Waals surface area contributed by atoms with E-state index in [4.69, 9.17) is 0 Å². The molecule has 1 N–H and O–H groups in total. The number of aryl methyl sites for hydroxylation is 1. The van der Waals surface area contributed by atoms with Crippen LogP contribution in [0.25, 0.3) is 0 Å². The van der Waals surface area contributed by atoms with Crippen LogP contribution in [0.4, 0.5) is 0 Å². The molecule has 0 spiro atoms. The maximum Gasteiger partial charge on any atom is 0.246 e. The summed E-state index contributed by atoms with van der Waals surface area (Å²) in [6.45, 7) is 8.37. The van der Waals surface area contributed by atoms with Gasteiger partial charge in [-0.25, -0.2) is 8.42 Å². The number of nitrogens with zero attached hydrogens (tertiary/aromatic N) is 3. The third kappa shape index (κ3) is 2.75. The van der Waals surface area contributed by atoms with Gasteiger partial charge in [0.15, 0.2) is 0 Å². The van der Waals surface area contributed by atoms with Crippen molar-refractivity contribution in [2.45, 2.75) is 38.6 Å². The number of likely N-dealkylation sites (N-methyl/N-ethyl adjacent to an activating group) is 1. The summed E-state index contributed by atoms with van der Waals surface area (Å²) in [5, 5.41) is 7.43. The zero-order valence-electron chi connectivity index (χ0n) is 12.7. The van der Waals surface area contributed by atoms with Crippen molar-refractivity contribution in [3.63, 3.8) is 0 Å². The summed E-state index contributed by atoms with van der Waals surface area (Å²) in [6, 6.07) is 0. The Bertz CT molecular complexity index is 579. The lowest BCUT2D eigenvalue weighted by atomic mass is 10.2. The highest BCUT2D eigenvalue weighted by atomic mass is 32.2. The lowest BCUT2D eigenvalue weighted by Gasteiger charge is -2.16. The van der Waals surface area contributed by atoms with Gasteiger partial charge in [-0.15, -0.1) is 0 Å². The van der Waals surface area contributed by atoms with E-state index >= 15 is 0 Å². The molecule has 0 amide bonds. The molecule has 0 aliphatic carbocycles. The van der Waals surface area contributed by atoms with Crippen molar-refractivity contribution in [1.82, 2.24) is 19.4 Å². The highest BCUT2D eigenvalue weighted by Crippen LogP contribution is 2.28. The normalized spacial score (nSPS) is 20.7. The molecule has 1 saturated heterocycles. The third-order valence-electron chi connectivity index (χ3n) is 3.87. The van der Waals surface area contributed by atoms with E-state index in [1.54, 1.807) is 15.9 Å². The van der Waals surface area contributed by atoms with Gasteiger partial charge in [-0.3, -0.25) is 4.68 Å². The number of sulfonamides is 1. The molecule has 20 heavy (non-hydrogen) atoms. The minimum Gasteiger partial charge on any atom is -0.318 e. The molecule has 1 unspecified atom stereocenters. The molecule has 114 valence electrons. The Morgan fingerprint density at radius 1 is 1.40 bits per heavy atom. The zero-order chi connectivity index (χ0) is 14.9. The summed E-state index contributed by atoms with van der Waals surface area (Å²) in [5.41, 5.74) is 1.33. The van der Waals surface area contributed by atoms with E-state index in [1.807, 2.05) is 14.0 Å². The van der Waals surface area contributed by atoms with Crippen LogP contribution in [0.2, 0.25) is 0 Å². The first-order valence-corrected chi connectivity index (χ1v) is 8.50. The Morgan fingerprint density at radius 3 is 2.65 bits per heavy atom. The first-order chi connectivity index (χ1) is 9.37. The van der Waals surface area contributed by atoms with Crippen molar-refractivity contribution in [2.24, 2.45) is 5.92 Å². The Kier molecular flexibility index (Phi) is 4.51. The van der Waals surface area contributed by atoms with Crippen molar-refractivity contribution in [3.8, 4) is 0 Å². The third-order valence-corrected chi connectivity index (χ3v) is 5.99. The SMILES string of the molecule is CNCCn1nc(C)c(S(=O)(=O)N2CCC(C)C2)c1C. The van der Waals surface area contributed by atoms with Crippen LogP contribution in [0.5, 0.6) is 0 Å². The molecule has 1 aromatic heterocycles. The van der Waals surface area contributed by atoms with Gasteiger partial charge in [-0.2, -0.15) is 9.40 Å². The fraction of sp³-hybridized carbons (Fsp3) is 0.769. The minimum atomic E-state index is -3.41. The molecule has 0 radical (unpaired) electrons. The number of rotatable bonds is 5. The molecule has 0 aromatic carbocycles. The average molecular weight is 300 g/mol. The van der Waals surface area contributed by atoms with Crippen molar-refractivity contribution in [3.05, 3.63) is 11.4 Å². The van der Waals surface area contributed by atoms with Crippen LogP contribution >= 0.6 is 0 Å². The Hall–Kier alpha value is -0.920. The van der Waals surface area contributed by atoms with Crippen molar-refractivity contribution in [2.75, 3.05) is 26.7 Å². The van der Waals surface area contributed by atoms with Crippen molar-refractivity contribution in [1.29, 1.82) is 0 Å². The highest BCUT2D eigenvalue weighted by Gasteiger charge is 2.34. The molecule has 1 atom stereocenters. The van der Waals surface area contributed by atoms with Gasteiger partial charge in [0, 0.05) is 19.6 Å². The lowest BCUT2D eigenvalue weighted by molar-refractivity contribution is 0.463. The molecule has 6 nitrogen and oxygen atoms in total. The van der Waals surface area contributed by atoms with E-state index in [2.05, 4.69) is 17.3 Å². The lowest BCUT2D eigenvalue weighted by Crippen LogP contribution is -2.29. The average Bonchev–Trinajstić information content (AvgIpc) is 2.92. The van der Waals surface area contributed by atoms with Crippen LogP contribution in [-0.4, -0.2) is 49.2 Å². The minimum absolute atomic E-state index is 0.391. The molecule has 1 aliphatic rings. The van der Waals surface area contributed by atoms with Crippen molar-refractivity contribution >= 4 is 10.0 Å². The number of nitrogens with one attached hydrogen (secondary N) is 1. The van der Waals surface area contributed by atoms with E-state index in [9.17, 15) is 8.42 Å². The topological polar surface area (TPSA) is 67.2 Å². The number of hydrogen-bond donors (Lipinski definition) is 1. The van der Waals surface area contributed by atoms with Gasteiger partial charge in [-0.05, 0) is 33.2 Å². The maximum absolute atomic E-state index is 12.8. The Morgan fingerprint density at radius 2 is 2.10 bits per heavy atom. The molecule has 2 rings (SSSR count). The van der Waals surface area contributed by atoms with E-state index in [1.165, 1.54) is 0 Å². The Labute approximate surface area is 121 Å². The van der Waals surface area contributed by atoms with Gasteiger partial charge in [0.25, 0.3) is 0 Å². The molecular formula is C13H24N4O2S. The van der Waals surface area contributed by atoms with E-state index in [-0.39, 0.29) is 0 Å². The summed E-state index contributed by atoms with van der Waals surface area (Å²) in [6.07, 6.45) is 0.936. The summed E-state index contributed by atoms with van der Waals surface area (Å²) in [7, 11) is -1.54. The number of hydrogen-bond acceptors (Lipinski definition) is 4. The van der Waals surface area contributed by atoms with Crippen LogP contribution in [0.3, 0.4) is 0 Å². The smallest absolute Gasteiger partial charge is 0.246 e. The van der Waals surface area contributed by atoms with Gasteiger partial charge < -0.3 is 5.32 Å². The van der Waals surface area contributed by atoms with E-state index < -0.39 is 10.0 Å². The van der Waals surface area contributed by atoms with Crippen LogP contribution in [-0.2, 0) is 16.6 Å². The first-order valence-electron chi connectivity index (χ1n) is 7.06. The summed E-state index contributed by atoms with van der Waals surface area (Å²) in [5.74, 6) is 0.435. The first kappa shape index (κ1) is 15.5. The fourth-order valence-electron chi connectivity index (χ4n) is 2.73. The predicted molar refractivity (Wildman–Crippen MR) is 78.2 cm³/mol. The molecule has 7 heteroatoms. The van der Waals surface area contributed by atoms with Gasteiger partial charge in [0.05, 0.1) is 17.9 Å². The monoisotopic (exact) mass is 300 g/mol. The second-order valence-corrected chi connectivity index (χ2v) is 7.46. The van der Waals surface area contributed by atoms with Crippen LogP contribution in [0.15, 0.2) is 4.90 Å². The summed E-state index contributed by atoms with van der Waals surface area (Å²) in [4.78, 5) is 0.391. The standard InChI is InChI=1S/C13H24N4O2S/c1-10-5-7-16(9-10)20(18,19)13-11(2)15-17(12(13)3)8-6-14-4/h10,14H,5-9H2,1-4H3. The summed E-state index contributed by atoms with van der Waals surface area (Å²) >= 11 is 0. The van der Waals surface area contributed by atoms with Crippen LogP contribution < -0.4 is 5.32 Å². The molecule has 1 fully saturated rings. The van der Waals surface area contributed by atoms with Gasteiger partial charge >= 0.3 is 0 Å². The van der Waals surface area contributed by atoms with E-state index in [0.29, 0.717) is 36.1 Å². The molecule has 1 aromatic rings. The van der Waals surface area contributed by atoms with Gasteiger partial charge in [0.1, 0.15) is 4.90 Å². The largest absolute Gasteiger partial charge is 0.318 e. The second kappa shape index (κ2) is 5.83. The molecule has 2 heterocycles. The van der Waals surface area contributed by atoms with E-state index in [0.717, 1.165) is 18.7 Å². The fourth-order valence-corrected chi connectivity index (χ4v) is 4.68. The van der Waals surface area contributed by atoms with Crippen LogP contribution in [0, 0.1) is 19.8 Å². The predicted octanol–water partition coefficient (Wildman–Crippen LogP) is 0.750. The zero-order valence-corrected chi connectivity index (χ0v) is 13.5. The van der Waals surface area contributed by atoms with Crippen LogP contribution in [0.1, 0.15) is 24.7 Å². The van der Waals surface area contributed by atoms with Crippen molar-refractivity contribution < 1.29 is 8.42 Å². The second-order valence-electron chi connectivity index (χ2n) is 5.58. The quantitative estimate of drug-likeness (QED) is 0.871. The van der Waals surface area contributed by atoms with Gasteiger partial charge in [0.2, 0.25) is 10.0 Å². The summed E-state index contributed by atoms with van der Waals surface area (Å²) < 4.78 is 28.9. The maximum atomic E-state index is 12.8. The molecular weight excluding hydrogens is 276 g/mol. The molecule has 0 bridgehead atoms. The highest BCUT2D eigenvalue weighted by molar-refractivity contribution is 7.89. The Balaban J connectivity index is 2.34. The molecule has 0 saturated carbocycles. The van der Waals surface area contributed by atoms with Gasteiger partial charge in [-0.1, -0.05) is 6.92 Å². The number of aromatic nitrogens is 2.